The normalized spacial score (nSPS) is 12.8. The first kappa shape index (κ1) is 17.2. The van der Waals surface area contributed by atoms with Crippen LogP contribution in [0.1, 0.15) is 5.56 Å². The smallest absolute Gasteiger partial charge is 0.382 e. The summed E-state index contributed by atoms with van der Waals surface area (Å²) in [6.45, 7) is -0.988. The number of alkyl halides is 3. The van der Waals surface area contributed by atoms with Gasteiger partial charge in [0.15, 0.2) is 6.10 Å². The molecule has 1 aromatic rings. The number of benzene rings is 1. The summed E-state index contributed by atoms with van der Waals surface area (Å²) in [7, 11) is 0. The molecule has 21 heavy (non-hydrogen) atoms. The van der Waals surface area contributed by atoms with E-state index in [-0.39, 0.29) is 17.0 Å². The zero-order valence-electron chi connectivity index (χ0n) is 10.4. The predicted octanol–water partition coefficient (Wildman–Crippen LogP) is 1.83. The lowest BCUT2D eigenvalue weighted by Gasteiger charge is -2.14. The zero-order valence-corrected chi connectivity index (χ0v) is 11.1. The minimum absolute atomic E-state index is 0.114. The van der Waals surface area contributed by atoms with Crippen LogP contribution in [0.5, 0.6) is 0 Å². The monoisotopic (exact) mass is 326 g/mol. The van der Waals surface area contributed by atoms with Crippen LogP contribution in [-0.2, 0) is 11.2 Å². The van der Waals surface area contributed by atoms with Gasteiger partial charge in [-0.3, -0.25) is 14.9 Å². The average molecular weight is 327 g/mol. The second kappa shape index (κ2) is 6.72. The molecule has 0 saturated carbocycles. The van der Waals surface area contributed by atoms with E-state index < -0.39 is 35.3 Å². The molecule has 0 aliphatic rings. The van der Waals surface area contributed by atoms with Crippen molar-refractivity contribution in [3.05, 3.63) is 38.9 Å². The van der Waals surface area contributed by atoms with Crippen molar-refractivity contribution in [1.82, 2.24) is 5.32 Å². The Kier molecular flexibility index (Phi) is 5.50. The lowest BCUT2D eigenvalue weighted by atomic mass is 10.1. The summed E-state index contributed by atoms with van der Waals surface area (Å²) >= 11 is 5.58. The number of carbonyl (C=O) groups is 1. The van der Waals surface area contributed by atoms with Crippen LogP contribution in [-0.4, -0.2) is 34.8 Å². The Morgan fingerprint density at radius 3 is 2.62 bits per heavy atom. The maximum Gasteiger partial charge on any atom is 0.416 e. The van der Waals surface area contributed by atoms with E-state index in [9.17, 15) is 28.1 Å². The lowest BCUT2D eigenvalue weighted by Crippen LogP contribution is -2.41. The van der Waals surface area contributed by atoms with E-state index in [1.807, 2.05) is 5.32 Å². The number of nitro benzene ring substituents is 1. The van der Waals surface area contributed by atoms with Crippen LogP contribution in [0.25, 0.3) is 0 Å². The summed E-state index contributed by atoms with van der Waals surface area (Å²) in [5.74, 6) is -0.810. The third kappa shape index (κ3) is 5.20. The van der Waals surface area contributed by atoms with Crippen molar-refractivity contribution in [2.45, 2.75) is 18.7 Å². The molecule has 0 bridgehead atoms. The van der Waals surface area contributed by atoms with Gasteiger partial charge < -0.3 is 10.4 Å². The van der Waals surface area contributed by atoms with Gasteiger partial charge in [0, 0.05) is 6.07 Å². The highest BCUT2D eigenvalue weighted by atomic mass is 35.5. The molecule has 0 unspecified atom stereocenters. The van der Waals surface area contributed by atoms with E-state index in [4.69, 9.17) is 16.7 Å². The molecule has 1 aromatic carbocycles. The van der Waals surface area contributed by atoms with E-state index in [2.05, 4.69) is 0 Å². The third-order valence-corrected chi connectivity index (χ3v) is 2.76. The van der Waals surface area contributed by atoms with Gasteiger partial charge in [0.05, 0.1) is 17.9 Å². The number of hydrogen-bond donors (Lipinski definition) is 2. The summed E-state index contributed by atoms with van der Waals surface area (Å²) in [6.07, 6.45) is -7.87. The molecule has 0 radical (unpaired) electrons. The van der Waals surface area contributed by atoms with E-state index in [0.29, 0.717) is 0 Å². The molecule has 6 nitrogen and oxygen atoms in total. The Morgan fingerprint density at radius 2 is 2.10 bits per heavy atom. The highest BCUT2D eigenvalue weighted by Crippen LogP contribution is 2.25. The molecular weight excluding hydrogens is 317 g/mol. The molecule has 0 saturated heterocycles. The molecule has 10 heteroatoms. The van der Waals surface area contributed by atoms with Gasteiger partial charge in [-0.15, -0.1) is 0 Å². The van der Waals surface area contributed by atoms with Gasteiger partial charge in [-0.25, -0.2) is 0 Å². The maximum absolute atomic E-state index is 12.0. The number of hydrogen-bond acceptors (Lipinski definition) is 4. The lowest BCUT2D eigenvalue weighted by molar-refractivity contribution is -0.384. The molecule has 0 fully saturated rings. The Hall–Kier alpha value is -1.87. The zero-order chi connectivity index (χ0) is 16.2. The van der Waals surface area contributed by atoms with Crippen molar-refractivity contribution in [2.75, 3.05) is 6.54 Å². The van der Waals surface area contributed by atoms with Crippen molar-refractivity contribution in [1.29, 1.82) is 0 Å². The Bertz CT molecular complexity index is 551. The Morgan fingerprint density at radius 1 is 1.48 bits per heavy atom. The number of aliphatic hydroxyl groups excluding tert-OH is 1. The van der Waals surface area contributed by atoms with E-state index >= 15 is 0 Å². The molecule has 0 heterocycles. The number of rotatable bonds is 5. The van der Waals surface area contributed by atoms with Crippen LogP contribution in [0.3, 0.4) is 0 Å². The number of nitrogens with one attached hydrogen (secondary N) is 1. The van der Waals surface area contributed by atoms with Crippen molar-refractivity contribution in [2.24, 2.45) is 0 Å². The summed E-state index contributed by atoms with van der Waals surface area (Å²) in [5, 5.41) is 21.1. The van der Waals surface area contributed by atoms with Gasteiger partial charge in [0.1, 0.15) is 5.02 Å². The van der Waals surface area contributed by atoms with Crippen molar-refractivity contribution in [3.8, 4) is 0 Å². The maximum atomic E-state index is 12.0. The second-order valence-electron chi connectivity index (χ2n) is 4.08. The molecule has 0 aliphatic carbocycles. The quantitative estimate of drug-likeness (QED) is 0.638. The Labute approximate surface area is 121 Å². The molecule has 2 N–H and O–H groups in total. The third-order valence-electron chi connectivity index (χ3n) is 2.44. The number of nitrogens with zero attached hydrogens (tertiary/aromatic N) is 1. The van der Waals surface area contributed by atoms with Gasteiger partial charge in [0.2, 0.25) is 5.91 Å². The molecule has 0 spiro atoms. The fraction of sp³-hybridized carbons (Fsp3) is 0.364. The highest BCUT2D eigenvalue weighted by Gasteiger charge is 2.38. The number of halogens is 4. The van der Waals surface area contributed by atoms with Crippen LogP contribution in [0.15, 0.2) is 18.2 Å². The van der Waals surface area contributed by atoms with Crippen LogP contribution in [0.4, 0.5) is 18.9 Å². The van der Waals surface area contributed by atoms with Crippen LogP contribution >= 0.6 is 11.6 Å². The highest BCUT2D eigenvalue weighted by molar-refractivity contribution is 6.32. The van der Waals surface area contributed by atoms with Crippen LogP contribution in [0, 0.1) is 10.1 Å². The van der Waals surface area contributed by atoms with Gasteiger partial charge in [0.25, 0.3) is 5.69 Å². The summed E-state index contributed by atoms with van der Waals surface area (Å²) < 4.78 is 36.1. The molecule has 116 valence electrons. The summed E-state index contributed by atoms with van der Waals surface area (Å²) in [6, 6.07) is 3.62. The van der Waals surface area contributed by atoms with Gasteiger partial charge in [-0.1, -0.05) is 17.7 Å². The first-order valence-corrected chi connectivity index (χ1v) is 5.93. The SMILES string of the molecule is O=C(Cc1ccc(Cl)c([N+](=O)[O-])c1)NC[C@H](O)C(F)(F)F. The molecule has 1 rings (SSSR count). The number of amides is 1. The van der Waals surface area contributed by atoms with Crippen LogP contribution < -0.4 is 5.32 Å². The largest absolute Gasteiger partial charge is 0.416 e. The predicted molar refractivity (Wildman–Crippen MR) is 66.9 cm³/mol. The first-order valence-electron chi connectivity index (χ1n) is 5.55. The Balaban J connectivity index is 2.64. The number of carbonyl (C=O) groups excluding carboxylic acids is 1. The summed E-state index contributed by atoms with van der Waals surface area (Å²) in [5.41, 5.74) is -0.192. The molecular formula is C11H10ClF3N2O4. The van der Waals surface area contributed by atoms with Gasteiger partial charge >= 0.3 is 6.18 Å². The second-order valence-corrected chi connectivity index (χ2v) is 4.49. The molecule has 0 aliphatic heterocycles. The van der Waals surface area contributed by atoms with Gasteiger partial charge in [-0.05, 0) is 11.6 Å². The average Bonchev–Trinajstić information content (AvgIpc) is 2.36. The molecule has 0 aromatic heterocycles. The first-order chi connectivity index (χ1) is 9.61. The fourth-order valence-corrected chi connectivity index (χ4v) is 1.57. The topological polar surface area (TPSA) is 92.5 Å². The van der Waals surface area contributed by atoms with E-state index in [1.54, 1.807) is 0 Å². The number of nitro groups is 1. The molecule has 1 amide bonds. The summed E-state index contributed by atoms with van der Waals surface area (Å²) in [4.78, 5) is 21.3. The standard InChI is InChI=1S/C11H10ClF3N2O4/c12-7-2-1-6(3-8(7)17(20)21)4-10(19)16-5-9(18)11(13,14)15/h1-3,9,18H,4-5H2,(H,16,19)/t9-/m0/s1. The van der Waals surface area contributed by atoms with Crippen molar-refractivity contribution < 1.29 is 28.0 Å². The minimum atomic E-state index is -4.83. The minimum Gasteiger partial charge on any atom is -0.382 e. The molecule has 1 atom stereocenters. The number of aliphatic hydroxyl groups is 1. The van der Waals surface area contributed by atoms with E-state index in [1.165, 1.54) is 12.1 Å². The van der Waals surface area contributed by atoms with Crippen LogP contribution in [0.2, 0.25) is 5.02 Å². The van der Waals surface area contributed by atoms with Crippen molar-refractivity contribution >= 4 is 23.2 Å². The van der Waals surface area contributed by atoms with Crippen molar-refractivity contribution in [3.63, 3.8) is 0 Å². The van der Waals surface area contributed by atoms with Gasteiger partial charge in [-0.2, -0.15) is 13.2 Å². The van der Waals surface area contributed by atoms with E-state index in [0.717, 1.165) is 6.07 Å². The fourth-order valence-electron chi connectivity index (χ4n) is 1.38.